The number of carbonyl (C=O) groups is 1. The lowest BCUT2D eigenvalue weighted by Crippen LogP contribution is -2.33. The van der Waals surface area contributed by atoms with Crippen molar-refractivity contribution in [2.24, 2.45) is 7.05 Å². The smallest absolute Gasteiger partial charge is 0.269 e. The lowest BCUT2D eigenvalue weighted by atomic mass is 10.1. The SMILES string of the molecule is Cc1nn(C)c(C)c1-c1cc(C(=O)NC(C)CCc2ccccc2)[nH]n1. The van der Waals surface area contributed by atoms with Crippen LogP contribution >= 0.6 is 0 Å². The molecule has 26 heavy (non-hydrogen) atoms. The zero-order valence-corrected chi connectivity index (χ0v) is 15.7. The second-order valence-electron chi connectivity index (χ2n) is 6.74. The second kappa shape index (κ2) is 7.56. The van der Waals surface area contributed by atoms with E-state index in [1.54, 1.807) is 6.07 Å². The molecule has 0 saturated carbocycles. The van der Waals surface area contributed by atoms with Crippen LogP contribution < -0.4 is 5.32 Å². The number of rotatable bonds is 6. The molecule has 6 heteroatoms. The fourth-order valence-electron chi connectivity index (χ4n) is 3.11. The number of benzene rings is 1. The monoisotopic (exact) mass is 351 g/mol. The van der Waals surface area contributed by atoms with Gasteiger partial charge in [0.15, 0.2) is 0 Å². The van der Waals surface area contributed by atoms with Crippen LogP contribution in [0.4, 0.5) is 0 Å². The Kier molecular flexibility index (Phi) is 5.21. The van der Waals surface area contributed by atoms with Crippen LogP contribution in [-0.2, 0) is 13.5 Å². The number of aryl methyl sites for hydroxylation is 3. The van der Waals surface area contributed by atoms with Crippen LogP contribution in [0.25, 0.3) is 11.3 Å². The van der Waals surface area contributed by atoms with Crippen molar-refractivity contribution in [3.05, 3.63) is 59.0 Å². The molecule has 6 nitrogen and oxygen atoms in total. The highest BCUT2D eigenvalue weighted by atomic mass is 16.2. The minimum absolute atomic E-state index is 0.0799. The van der Waals surface area contributed by atoms with E-state index in [0.717, 1.165) is 35.5 Å². The maximum absolute atomic E-state index is 12.5. The molecule has 0 aliphatic heterocycles. The largest absolute Gasteiger partial charge is 0.348 e. The predicted molar refractivity (Wildman–Crippen MR) is 102 cm³/mol. The van der Waals surface area contributed by atoms with E-state index in [2.05, 4.69) is 32.7 Å². The van der Waals surface area contributed by atoms with Crippen LogP contribution in [-0.4, -0.2) is 31.9 Å². The van der Waals surface area contributed by atoms with E-state index in [1.165, 1.54) is 5.56 Å². The summed E-state index contributed by atoms with van der Waals surface area (Å²) < 4.78 is 1.82. The molecule has 1 aromatic carbocycles. The number of nitrogens with one attached hydrogen (secondary N) is 2. The van der Waals surface area contributed by atoms with Gasteiger partial charge in [0.25, 0.3) is 5.91 Å². The van der Waals surface area contributed by atoms with Crippen molar-refractivity contribution in [1.29, 1.82) is 0 Å². The van der Waals surface area contributed by atoms with Crippen molar-refractivity contribution in [3.8, 4) is 11.3 Å². The van der Waals surface area contributed by atoms with Crippen LogP contribution in [0.2, 0.25) is 0 Å². The number of H-pyrrole nitrogens is 1. The van der Waals surface area contributed by atoms with Crippen molar-refractivity contribution in [2.45, 2.75) is 39.7 Å². The van der Waals surface area contributed by atoms with Gasteiger partial charge in [-0.3, -0.25) is 14.6 Å². The first-order chi connectivity index (χ1) is 12.5. The van der Waals surface area contributed by atoms with Crippen molar-refractivity contribution < 1.29 is 4.79 Å². The molecule has 0 spiro atoms. The molecular formula is C20H25N5O. The fourth-order valence-corrected chi connectivity index (χ4v) is 3.11. The van der Waals surface area contributed by atoms with Crippen LogP contribution in [0.3, 0.4) is 0 Å². The molecule has 2 aromatic heterocycles. The van der Waals surface area contributed by atoms with E-state index < -0.39 is 0 Å². The highest BCUT2D eigenvalue weighted by Gasteiger charge is 2.18. The molecule has 0 aliphatic carbocycles. The van der Waals surface area contributed by atoms with Crippen molar-refractivity contribution in [3.63, 3.8) is 0 Å². The van der Waals surface area contributed by atoms with Gasteiger partial charge in [0.05, 0.1) is 11.4 Å². The molecule has 3 rings (SSSR count). The third kappa shape index (κ3) is 3.85. The number of nitrogens with zero attached hydrogens (tertiary/aromatic N) is 3. The van der Waals surface area contributed by atoms with Gasteiger partial charge in [0.2, 0.25) is 0 Å². The van der Waals surface area contributed by atoms with Gasteiger partial charge in [-0.15, -0.1) is 0 Å². The van der Waals surface area contributed by atoms with Gasteiger partial charge >= 0.3 is 0 Å². The Labute approximate surface area is 153 Å². The zero-order chi connectivity index (χ0) is 18.7. The van der Waals surface area contributed by atoms with Crippen LogP contribution in [0.15, 0.2) is 36.4 Å². The van der Waals surface area contributed by atoms with E-state index in [4.69, 9.17) is 0 Å². The van der Waals surface area contributed by atoms with Gasteiger partial charge in [-0.05, 0) is 45.2 Å². The van der Waals surface area contributed by atoms with E-state index in [-0.39, 0.29) is 11.9 Å². The molecular weight excluding hydrogens is 326 g/mol. The Morgan fingerprint density at radius 1 is 1.27 bits per heavy atom. The molecule has 0 fully saturated rings. The van der Waals surface area contributed by atoms with Gasteiger partial charge < -0.3 is 5.32 Å². The molecule has 1 amide bonds. The van der Waals surface area contributed by atoms with Crippen molar-refractivity contribution in [1.82, 2.24) is 25.3 Å². The number of aromatic amines is 1. The maximum atomic E-state index is 12.5. The number of aromatic nitrogens is 4. The summed E-state index contributed by atoms with van der Waals surface area (Å²) in [6, 6.07) is 12.2. The van der Waals surface area contributed by atoms with Crippen LogP contribution in [0.1, 0.15) is 40.8 Å². The topological polar surface area (TPSA) is 75.6 Å². The number of hydrogen-bond acceptors (Lipinski definition) is 3. The summed E-state index contributed by atoms with van der Waals surface area (Å²) in [5.74, 6) is -0.136. The molecule has 0 radical (unpaired) electrons. The summed E-state index contributed by atoms with van der Waals surface area (Å²) in [6.07, 6.45) is 1.82. The Balaban J connectivity index is 1.63. The molecule has 0 aliphatic rings. The van der Waals surface area contributed by atoms with Crippen molar-refractivity contribution in [2.75, 3.05) is 0 Å². The normalized spacial score (nSPS) is 12.2. The Morgan fingerprint density at radius 3 is 2.65 bits per heavy atom. The van der Waals surface area contributed by atoms with E-state index in [9.17, 15) is 4.79 Å². The summed E-state index contributed by atoms with van der Waals surface area (Å²) in [6.45, 7) is 5.96. The average Bonchev–Trinajstić information content (AvgIpc) is 3.19. The molecule has 3 aromatic rings. The minimum Gasteiger partial charge on any atom is -0.348 e. The second-order valence-corrected chi connectivity index (χ2v) is 6.74. The molecule has 1 unspecified atom stereocenters. The first-order valence-electron chi connectivity index (χ1n) is 8.86. The van der Waals surface area contributed by atoms with E-state index >= 15 is 0 Å². The summed E-state index contributed by atoms with van der Waals surface area (Å²) in [5.41, 5.74) is 5.39. The van der Waals surface area contributed by atoms with E-state index in [1.807, 2.05) is 50.7 Å². The highest BCUT2D eigenvalue weighted by Crippen LogP contribution is 2.25. The third-order valence-corrected chi connectivity index (χ3v) is 4.67. The first-order valence-corrected chi connectivity index (χ1v) is 8.86. The van der Waals surface area contributed by atoms with Crippen LogP contribution in [0.5, 0.6) is 0 Å². The molecule has 2 N–H and O–H groups in total. The summed E-state index contributed by atoms with van der Waals surface area (Å²) in [7, 11) is 1.90. The predicted octanol–water partition coefficient (Wildman–Crippen LogP) is 3.18. The van der Waals surface area contributed by atoms with Gasteiger partial charge in [0, 0.05) is 24.3 Å². The molecule has 2 heterocycles. The standard InChI is InChI=1S/C20H25N5O/c1-13(10-11-16-8-6-5-7-9-16)21-20(26)18-12-17(22-23-18)19-14(2)24-25(4)15(19)3/h5-9,12-13H,10-11H2,1-4H3,(H,21,26)(H,22,23). The number of hydrogen-bond donors (Lipinski definition) is 2. The summed E-state index contributed by atoms with van der Waals surface area (Å²) in [4.78, 5) is 12.5. The number of carbonyl (C=O) groups excluding carboxylic acids is 1. The lowest BCUT2D eigenvalue weighted by molar-refractivity contribution is 0.0933. The van der Waals surface area contributed by atoms with Gasteiger partial charge in [-0.2, -0.15) is 10.2 Å². The maximum Gasteiger partial charge on any atom is 0.269 e. The molecule has 1 atom stereocenters. The summed E-state index contributed by atoms with van der Waals surface area (Å²) in [5, 5.41) is 14.6. The fraction of sp³-hybridized carbons (Fsp3) is 0.350. The lowest BCUT2D eigenvalue weighted by Gasteiger charge is -2.13. The van der Waals surface area contributed by atoms with Crippen molar-refractivity contribution >= 4 is 5.91 Å². The Hall–Kier alpha value is -2.89. The summed E-state index contributed by atoms with van der Waals surface area (Å²) >= 11 is 0. The molecule has 0 bridgehead atoms. The quantitative estimate of drug-likeness (QED) is 0.716. The number of amides is 1. The van der Waals surface area contributed by atoms with E-state index in [0.29, 0.717) is 5.69 Å². The molecule has 136 valence electrons. The third-order valence-electron chi connectivity index (χ3n) is 4.67. The average molecular weight is 351 g/mol. The highest BCUT2D eigenvalue weighted by molar-refractivity contribution is 5.93. The zero-order valence-electron chi connectivity index (χ0n) is 15.7. The van der Waals surface area contributed by atoms with Crippen LogP contribution in [0, 0.1) is 13.8 Å². The first kappa shape index (κ1) is 17.9. The van der Waals surface area contributed by atoms with Gasteiger partial charge in [0.1, 0.15) is 5.69 Å². The minimum atomic E-state index is -0.136. The Bertz CT molecular complexity index is 894. The van der Waals surface area contributed by atoms with Gasteiger partial charge in [-0.1, -0.05) is 30.3 Å². The van der Waals surface area contributed by atoms with Gasteiger partial charge in [-0.25, -0.2) is 0 Å². The Morgan fingerprint density at radius 2 is 2.00 bits per heavy atom. The molecule has 0 saturated heterocycles.